The predicted octanol–water partition coefficient (Wildman–Crippen LogP) is 5.93. The van der Waals surface area contributed by atoms with Crippen LogP contribution in [0.4, 0.5) is 5.69 Å². The third-order valence-corrected chi connectivity index (χ3v) is 4.78. The molecule has 1 nitrogen and oxygen atoms in total. The van der Waals surface area contributed by atoms with Crippen molar-refractivity contribution in [2.45, 2.75) is 6.54 Å². The Balaban J connectivity index is 1.82. The van der Waals surface area contributed by atoms with Gasteiger partial charge in [0.1, 0.15) is 0 Å². The van der Waals surface area contributed by atoms with E-state index in [0.717, 1.165) is 21.7 Å². The average molecular weight is 353 g/mol. The summed E-state index contributed by atoms with van der Waals surface area (Å²) in [6.45, 7) is 0.783. The minimum Gasteiger partial charge on any atom is -0.380 e. The fraction of sp³-hybridized carbons (Fsp3) is 0.0667. The van der Waals surface area contributed by atoms with Crippen LogP contribution >= 0.6 is 38.9 Å². The van der Waals surface area contributed by atoms with Crippen molar-refractivity contribution in [2.24, 2.45) is 0 Å². The van der Waals surface area contributed by atoms with Crippen LogP contribution in [0.3, 0.4) is 0 Å². The van der Waals surface area contributed by atoms with E-state index in [1.54, 1.807) is 11.3 Å². The number of halogens is 2. The molecule has 0 saturated carbocycles. The Morgan fingerprint density at radius 3 is 2.84 bits per heavy atom. The van der Waals surface area contributed by atoms with Crippen molar-refractivity contribution in [1.82, 2.24) is 0 Å². The third-order valence-electron chi connectivity index (χ3n) is 2.96. The topological polar surface area (TPSA) is 12.0 Å². The van der Waals surface area contributed by atoms with E-state index >= 15 is 0 Å². The molecule has 0 amide bonds. The molecule has 0 bridgehead atoms. The van der Waals surface area contributed by atoms with Gasteiger partial charge >= 0.3 is 0 Å². The van der Waals surface area contributed by atoms with Gasteiger partial charge in [-0.2, -0.15) is 0 Å². The fourth-order valence-electron chi connectivity index (χ4n) is 1.99. The molecular formula is C15H11BrClNS. The molecule has 0 atom stereocenters. The van der Waals surface area contributed by atoms with Crippen LogP contribution in [0.2, 0.25) is 5.02 Å². The Morgan fingerprint density at radius 1 is 1.16 bits per heavy atom. The molecule has 1 heterocycles. The summed E-state index contributed by atoms with van der Waals surface area (Å²) in [4.78, 5) is 0. The van der Waals surface area contributed by atoms with Crippen LogP contribution in [0.25, 0.3) is 10.1 Å². The van der Waals surface area contributed by atoms with Crippen molar-refractivity contribution in [3.05, 3.63) is 62.9 Å². The Labute approximate surface area is 129 Å². The van der Waals surface area contributed by atoms with Gasteiger partial charge in [0, 0.05) is 15.7 Å². The third kappa shape index (κ3) is 2.78. The van der Waals surface area contributed by atoms with Crippen LogP contribution in [0.5, 0.6) is 0 Å². The molecule has 0 aliphatic heterocycles. The van der Waals surface area contributed by atoms with Crippen molar-refractivity contribution in [1.29, 1.82) is 0 Å². The minimum atomic E-state index is 0.730. The van der Waals surface area contributed by atoms with Crippen LogP contribution in [-0.2, 0) is 6.54 Å². The lowest BCUT2D eigenvalue weighted by Crippen LogP contribution is -1.99. The summed E-state index contributed by atoms with van der Waals surface area (Å²) in [5.41, 5.74) is 2.26. The van der Waals surface area contributed by atoms with Gasteiger partial charge in [-0.05, 0) is 40.6 Å². The summed E-state index contributed by atoms with van der Waals surface area (Å²) in [6, 6.07) is 14.3. The lowest BCUT2D eigenvalue weighted by molar-refractivity contribution is 1.18. The van der Waals surface area contributed by atoms with Gasteiger partial charge in [-0.3, -0.25) is 0 Å². The molecule has 0 unspecified atom stereocenters. The normalized spacial score (nSPS) is 10.8. The molecule has 4 heteroatoms. The fourth-order valence-corrected chi connectivity index (χ4v) is 3.70. The second-order valence-electron chi connectivity index (χ2n) is 4.23. The van der Waals surface area contributed by atoms with Crippen molar-refractivity contribution in [3.8, 4) is 0 Å². The van der Waals surface area contributed by atoms with Crippen LogP contribution in [0.1, 0.15) is 5.56 Å². The lowest BCUT2D eigenvalue weighted by atomic mass is 10.2. The highest BCUT2D eigenvalue weighted by Gasteiger charge is 2.05. The highest BCUT2D eigenvalue weighted by molar-refractivity contribution is 9.10. The first-order valence-electron chi connectivity index (χ1n) is 5.88. The van der Waals surface area contributed by atoms with Gasteiger partial charge < -0.3 is 5.32 Å². The zero-order valence-electron chi connectivity index (χ0n) is 9.99. The number of hydrogen-bond donors (Lipinski definition) is 1. The van der Waals surface area contributed by atoms with Gasteiger partial charge in [-0.1, -0.05) is 45.7 Å². The maximum Gasteiger partial charge on any atom is 0.0648 e. The van der Waals surface area contributed by atoms with Crippen molar-refractivity contribution in [3.63, 3.8) is 0 Å². The van der Waals surface area contributed by atoms with E-state index in [1.165, 1.54) is 15.6 Å². The molecule has 0 fully saturated rings. The van der Waals surface area contributed by atoms with E-state index in [-0.39, 0.29) is 0 Å². The standard InChI is InChI=1S/C15H11BrClNS/c16-11-5-6-14(13(17)7-11)18-8-10-9-19-15-4-2-1-3-12(10)15/h1-7,9,18H,8H2. The highest BCUT2D eigenvalue weighted by Crippen LogP contribution is 2.29. The Bertz CT molecular complexity index is 723. The van der Waals surface area contributed by atoms with Gasteiger partial charge in [0.25, 0.3) is 0 Å². The molecule has 1 N–H and O–H groups in total. The second kappa shape index (κ2) is 5.53. The Morgan fingerprint density at radius 2 is 2.00 bits per heavy atom. The van der Waals surface area contributed by atoms with E-state index in [2.05, 4.69) is 50.9 Å². The van der Waals surface area contributed by atoms with Crippen molar-refractivity contribution >= 4 is 54.6 Å². The van der Waals surface area contributed by atoms with Gasteiger partial charge in [-0.15, -0.1) is 11.3 Å². The molecule has 0 aliphatic rings. The highest BCUT2D eigenvalue weighted by atomic mass is 79.9. The van der Waals surface area contributed by atoms with E-state index in [0.29, 0.717) is 0 Å². The number of benzene rings is 2. The van der Waals surface area contributed by atoms with E-state index in [9.17, 15) is 0 Å². The molecule has 3 aromatic rings. The second-order valence-corrected chi connectivity index (χ2v) is 6.47. The van der Waals surface area contributed by atoms with Gasteiger partial charge in [-0.25, -0.2) is 0 Å². The monoisotopic (exact) mass is 351 g/mol. The number of anilines is 1. The molecular weight excluding hydrogens is 342 g/mol. The summed E-state index contributed by atoms with van der Waals surface area (Å²) < 4.78 is 2.31. The number of rotatable bonds is 3. The SMILES string of the molecule is Clc1cc(Br)ccc1NCc1csc2ccccc12. The zero-order valence-corrected chi connectivity index (χ0v) is 13.1. The summed E-state index contributed by atoms with van der Waals surface area (Å²) in [7, 11) is 0. The molecule has 96 valence electrons. The Hall–Kier alpha value is -1.03. The quantitative estimate of drug-likeness (QED) is 0.616. The minimum absolute atomic E-state index is 0.730. The Kier molecular flexibility index (Phi) is 3.78. The van der Waals surface area contributed by atoms with Crippen LogP contribution < -0.4 is 5.32 Å². The van der Waals surface area contributed by atoms with Gasteiger partial charge in [0.05, 0.1) is 10.7 Å². The summed E-state index contributed by atoms with van der Waals surface area (Å²) >= 11 is 11.4. The van der Waals surface area contributed by atoms with Crippen LogP contribution in [0, 0.1) is 0 Å². The maximum atomic E-state index is 6.20. The van der Waals surface area contributed by atoms with Crippen molar-refractivity contribution in [2.75, 3.05) is 5.32 Å². The number of nitrogens with one attached hydrogen (secondary N) is 1. The molecule has 0 spiro atoms. The molecule has 19 heavy (non-hydrogen) atoms. The predicted molar refractivity (Wildman–Crippen MR) is 88.3 cm³/mol. The number of fused-ring (bicyclic) bond motifs is 1. The molecule has 0 aliphatic carbocycles. The molecule has 0 radical (unpaired) electrons. The molecule has 0 saturated heterocycles. The maximum absolute atomic E-state index is 6.20. The van der Waals surface area contributed by atoms with Crippen molar-refractivity contribution < 1.29 is 0 Å². The van der Waals surface area contributed by atoms with Crippen LogP contribution in [-0.4, -0.2) is 0 Å². The van der Waals surface area contributed by atoms with Crippen LogP contribution in [0.15, 0.2) is 52.3 Å². The smallest absolute Gasteiger partial charge is 0.0648 e. The number of thiophene rings is 1. The number of hydrogen-bond acceptors (Lipinski definition) is 2. The first-order valence-corrected chi connectivity index (χ1v) is 7.93. The summed E-state index contributed by atoms with van der Waals surface area (Å²) in [6.07, 6.45) is 0. The largest absolute Gasteiger partial charge is 0.380 e. The van der Waals surface area contributed by atoms with E-state index < -0.39 is 0 Å². The molecule has 2 aromatic carbocycles. The van der Waals surface area contributed by atoms with Gasteiger partial charge in [0.2, 0.25) is 0 Å². The summed E-state index contributed by atoms with van der Waals surface area (Å²) in [5.74, 6) is 0. The molecule has 3 rings (SSSR count). The first-order chi connectivity index (χ1) is 9.24. The first kappa shape index (κ1) is 13.0. The summed E-state index contributed by atoms with van der Waals surface area (Å²) in [5, 5.41) is 7.63. The van der Waals surface area contributed by atoms with Gasteiger partial charge in [0.15, 0.2) is 0 Å². The van der Waals surface area contributed by atoms with E-state index in [1.807, 2.05) is 18.2 Å². The van der Waals surface area contributed by atoms with E-state index in [4.69, 9.17) is 11.6 Å². The molecule has 1 aromatic heterocycles. The average Bonchev–Trinajstić information content (AvgIpc) is 2.81. The lowest BCUT2D eigenvalue weighted by Gasteiger charge is -2.08. The zero-order chi connectivity index (χ0) is 13.2.